The molecule has 0 radical (unpaired) electrons. The first kappa shape index (κ1) is 18.3. The number of amides is 2. The third-order valence-corrected chi connectivity index (χ3v) is 3.58. The lowest BCUT2D eigenvalue weighted by molar-refractivity contribution is -0.118. The van der Waals surface area contributed by atoms with Gasteiger partial charge in [0.05, 0.1) is 0 Å². The molecule has 2 amide bonds. The maximum Gasteiger partial charge on any atom is 0.262 e. The fraction of sp³-hybridized carbons (Fsp3) is 0.263. The van der Waals surface area contributed by atoms with Crippen molar-refractivity contribution < 1.29 is 19.4 Å². The van der Waals surface area contributed by atoms with Crippen molar-refractivity contribution in [3.63, 3.8) is 0 Å². The highest BCUT2D eigenvalue weighted by atomic mass is 16.5. The average Bonchev–Trinajstić information content (AvgIpc) is 2.54. The highest BCUT2D eigenvalue weighted by Gasteiger charge is 2.20. The van der Waals surface area contributed by atoms with Gasteiger partial charge in [0, 0.05) is 11.3 Å². The number of benzene rings is 2. The molecule has 0 unspecified atom stereocenters. The van der Waals surface area contributed by atoms with Crippen LogP contribution >= 0.6 is 0 Å². The Balaban J connectivity index is 2.12. The number of nitrogens with one attached hydrogen (secondary N) is 1. The molecule has 0 spiro atoms. The second-order valence-electron chi connectivity index (χ2n) is 6.71. The van der Waals surface area contributed by atoms with Gasteiger partial charge in [-0.15, -0.1) is 0 Å². The quantitative estimate of drug-likeness (QED) is 0.727. The summed E-state index contributed by atoms with van der Waals surface area (Å²) in [5.74, 6) is -0.342. The Bertz CT molecular complexity index is 777. The predicted octanol–water partition coefficient (Wildman–Crippen LogP) is 2.81. The number of ether oxygens (including phenoxy) is 1. The Labute approximate surface area is 146 Å². The van der Waals surface area contributed by atoms with E-state index in [0.29, 0.717) is 17.0 Å². The zero-order chi connectivity index (χ0) is 18.6. The van der Waals surface area contributed by atoms with Crippen molar-refractivity contribution in [2.75, 3.05) is 11.9 Å². The van der Waals surface area contributed by atoms with Crippen LogP contribution in [0.5, 0.6) is 11.5 Å². The minimum atomic E-state index is -0.557. The van der Waals surface area contributed by atoms with Crippen LogP contribution in [0.4, 0.5) is 5.69 Å². The van der Waals surface area contributed by atoms with Gasteiger partial charge in [-0.1, -0.05) is 26.8 Å². The number of primary amides is 1. The molecule has 6 nitrogen and oxygen atoms in total. The van der Waals surface area contributed by atoms with Crippen LogP contribution < -0.4 is 15.8 Å². The highest BCUT2D eigenvalue weighted by Crippen LogP contribution is 2.32. The van der Waals surface area contributed by atoms with Crippen molar-refractivity contribution in [3.8, 4) is 11.5 Å². The Morgan fingerprint density at radius 1 is 1.12 bits per heavy atom. The van der Waals surface area contributed by atoms with Gasteiger partial charge >= 0.3 is 0 Å². The minimum Gasteiger partial charge on any atom is -0.508 e. The molecule has 6 heteroatoms. The molecule has 0 aliphatic carbocycles. The molecule has 2 aromatic rings. The standard InChI is InChI=1S/C19H22N2O4/c1-19(2,3)15-9-4-12(18(20)24)10-16(15)25-11-17(23)21-13-5-7-14(22)8-6-13/h4-10,22H,11H2,1-3H3,(H2,20,24)(H,21,23). The van der Waals surface area contributed by atoms with Crippen LogP contribution in [0, 0.1) is 0 Å². The Kier molecular flexibility index (Phi) is 5.32. The van der Waals surface area contributed by atoms with Crippen LogP contribution in [-0.4, -0.2) is 23.5 Å². The number of anilines is 1. The lowest BCUT2D eigenvalue weighted by Gasteiger charge is -2.23. The van der Waals surface area contributed by atoms with Gasteiger partial charge in [-0.05, 0) is 47.4 Å². The summed E-state index contributed by atoms with van der Waals surface area (Å²) in [6, 6.07) is 11.1. The molecule has 0 atom stereocenters. The van der Waals surface area contributed by atoms with E-state index in [1.165, 1.54) is 12.1 Å². The van der Waals surface area contributed by atoms with E-state index in [2.05, 4.69) is 5.32 Å². The van der Waals surface area contributed by atoms with E-state index < -0.39 is 5.91 Å². The third-order valence-electron chi connectivity index (χ3n) is 3.58. The Morgan fingerprint density at radius 2 is 1.76 bits per heavy atom. The SMILES string of the molecule is CC(C)(C)c1ccc(C(N)=O)cc1OCC(=O)Nc1ccc(O)cc1. The molecule has 0 aromatic heterocycles. The average molecular weight is 342 g/mol. The van der Waals surface area contributed by atoms with E-state index in [1.807, 2.05) is 20.8 Å². The predicted molar refractivity (Wildman–Crippen MR) is 95.9 cm³/mol. The van der Waals surface area contributed by atoms with Gasteiger partial charge in [0.1, 0.15) is 11.5 Å². The first-order valence-electron chi connectivity index (χ1n) is 7.83. The summed E-state index contributed by atoms with van der Waals surface area (Å²) in [5.41, 5.74) is 6.84. The molecule has 0 aliphatic heterocycles. The Hall–Kier alpha value is -3.02. The van der Waals surface area contributed by atoms with Gasteiger partial charge in [0.15, 0.2) is 6.61 Å². The summed E-state index contributed by atoms with van der Waals surface area (Å²) in [7, 11) is 0. The molecule has 4 N–H and O–H groups in total. The fourth-order valence-corrected chi connectivity index (χ4v) is 2.30. The summed E-state index contributed by atoms with van der Waals surface area (Å²) in [6.45, 7) is 5.81. The topological polar surface area (TPSA) is 102 Å². The fourth-order valence-electron chi connectivity index (χ4n) is 2.30. The number of phenols is 1. The molecule has 2 rings (SSSR count). The van der Waals surface area contributed by atoms with E-state index in [0.717, 1.165) is 5.56 Å². The van der Waals surface area contributed by atoms with E-state index in [-0.39, 0.29) is 23.7 Å². The van der Waals surface area contributed by atoms with Crippen molar-refractivity contribution >= 4 is 17.5 Å². The number of carbonyl (C=O) groups is 2. The minimum absolute atomic E-state index is 0.118. The van der Waals surface area contributed by atoms with Crippen molar-refractivity contribution in [3.05, 3.63) is 53.6 Å². The molecule has 0 bridgehead atoms. The monoisotopic (exact) mass is 342 g/mol. The second kappa shape index (κ2) is 7.25. The van der Waals surface area contributed by atoms with E-state index >= 15 is 0 Å². The lowest BCUT2D eigenvalue weighted by Crippen LogP contribution is -2.22. The molecule has 25 heavy (non-hydrogen) atoms. The van der Waals surface area contributed by atoms with Crippen LogP contribution in [-0.2, 0) is 10.2 Å². The summed E-state index contributed by atoms with van der Waals surface area (Å²) in [4.78, 5) is 23.4. The molecule has 2 aromatic carbocycles. The number of rotatable bonds is 5. The second-order valence-corrected chi connectivity index (χ2v) is 6.71. The van der Waals surface area contributed by atoms with Crippen LogP contribution in [0.15, 0.2) is 42.5 Å². The van der Waals surface area contributed by atoms with Crippen molar-refractivity contribution in [1.82, 2.24) is 0 Å². The summed E-state index contributed by atoms with van der Waals surface area (Å²) in [6.07, 6.45) is 0. The van der Waals surface area contributed by atoms with Crippen molar-refractivity contribution in [2.45, 2.75) is 26.2 Å². The molecule has 0 fully saturated rings. The molecule has 0 saturated heterocycles. The number of nitrogens with two attached hydrogens (primary N) is 1. The molecular formula is C19H22N2O4. The van der Waals surface area contributed by atoms with Crippen LogP contribution in [0.1, 0.15) is 36.7 Å². The number of hydrogen-bond donors (Lipinski definition) is 3. The van der Waals surface area contributed by atoms with E-state index in [1.54, 1.807) is 30.3 Å². The van der Waals surface area contributed by atoms with Gasteiger partial charge in [0.2, 0.25) is 5.91 Å². The maximum absolute atomic E-state index is 12.1. The highest BCUT2D eigenvalue weighted by molar-refractivity contribution is 5.94. The normalized spacial score (nSPS) is 11.0. The van der Waals surface area contributed by atoms with Gasteiger partial charge in [-0.25, -0.2) is 0 Å². The first-order valence-corrected chi connectivity index (χ1v) is 7.83. The van der Waals surface area contributed by atoms with Crippen LogP contribution in [0.2, 0.25) is 0 Å². The van der Waals surface area contributed by atoms with Crippen molar-refractivity contribution in [1.29, 1.82) is 0 Å². The number of aromatic hydroxyl groups is 1. The van der Waals surface area contributed by atoms with Crippen LogP contribution in [0.3, 0.4) is 0 Å². The molecule has 132 valence electrons. The molecular weight excluding hydrogens is 320 g/mol. The van der Waals surface area contributed by atoms with E-state index in [4.69, 9.17) is 10.5 Å². The van der Waals surface area contributed by atoms with Gasteiger partial charge in [-0.2, -0.15) is 0 Å². The van der Waals surface area contributed by atoms with Gasteiger partial charge in [0.25, 0.3) is 5.91 Å². The zero-order valence-electron chi connectivity index (χ0n) is 14.5. The summed E-state index contributed by atoms with van der Waals surface area (Å²) < 4.78 is 5.64. The first-order chi connectivity index (χ1) is 11.7. The molecule has 0 heterocycles. The lowest BCUT2D eigenvalue weighted by atomic mass is 9.85. The molecule has 0 saturated carbocycles. The zero-order valence-corrected chi connectivity index (χ0v) is 14.5. The Morgan fingerprint density at radius 3 is 2.32 bits per heavy atom. The summed E-state index contributed by atoms with van der Waals surface area (Å²) in [5, 5.41) is 11.9. The third kappa shape index (κ3) is 4.97. The smallest absolute Gasteiger partial charge is 0.262 e. The van der Waals surface area contributed by atoms with Gasteiger partial charge < -0.3 is 20.9 Å². The maximum atomic E-state index is 12.1. The van der Waals surface area contributed by atoms with E-state index in [9.17, 15) is 14.7 Å². The van der Waals surface area contributed by atoms with Crippen molar-refractivity contribution in [2.24, 2.45) is 5.73 Å². The molecule has 0 aliphatic rings. The van der Waals surface area contributed by atoms with Gasteiger partial charge in [-0.3, -0.25) is 9.59 Å². The summed E-state index contributed by atoms with van der Waals surface area (Å²) >= 11 is 0. The number of hydrogen-bond acceptors (Lipinski definition) is 4. The number of phenolic OH excluding ortho intramolecular Hbond substituents is 1. The number of carbonyl (C=O) groups excluding carboxylic acids is 2. The van der Waals surface area contributed by atoms with Crippen LogP contribution in [0.25, 0.3) is 0 Å². The largest absolute Gasteiger partial charge is 0.508 e.